The Kier molecular flexibility index (Phi) is 4.81. The van der Waals surface area contributed by atoms with Crippen molar-refractivity contribution < 1.29 is 9.13 Å². The van der Waals surface area contributed by atoms with Crippen LogP contribution in [-0.2, 0) is 6.54 Å². The van der Waals surface area contributed by atoms with E-state index in [0.29, 0.717) is 12.1 Å². The topological polar surface area (TPSA) is 38.5 Å². The lowest BCUT2D eigenvalue weighted by Crippen LogP contribution is -2.22. The van der Waals surface area contributed by atoms with Crippen molar-refractivity contribution in [3.63, 3.8) is 0 Å². The van der Waals surface area contributed by atoms with Gasteiger partial charge in [0.05, 0.1) is 7.11 Å². The predicted molar refractivity (Wildman–Crippen MR) is 83.7 cm³/mol. The first-order valence-electron chi connectivity index (χ1n) is 6.90. The van der Waals surface area contributed by atoms with Crippen LogP contribution in [0.5, 0.6) is 5.75 Å². The molecule has 0 saturated carbocycles. The van der Waals surface area contributed by atoms with Gasteiger partial charge in [0, 0.05) is 23.8 Å². The third-order valence-electron chi connectivity index (χ3n) is 3.74. The molecule has 0 bridgehead atoms. The van der Waals surface area contributed by atoms with Gasteiger partial charge >= 0.3 is 0 Å². The summed E-state index contributed by atoms with van der Waals surface area (Å²) in [5.41, 5.74) is 8.28. The molecule has 0 aliphatic carbocycles. The van der Waals surface area contributed by atoms with Crippen molar-refractivity contribution in [1.82, 2.24) is 4.90 Å². The van der Waals surface area contributed by atoms with Crippen molar-refractivity contribution in [3.8, 4) is 5.75 Å². The molecule has 0 amide bonds. The van der Waals surface area contributed by atoms with E-state index in [1.807, 2.05) is 31.3 Å². The first-order chi connectivity index (χ1) is 10.0. The van der Waals surface area contributed by atoms with E-state index in [-0.39, 0.29) is 17.6 Å². The minimum atomic E-state index is -0.299. The third kappa shape index (κ3) is 3.52. The van der Waals surface area contributed by atoms with E-state index in [1.165, 1.54) is 7.11 Å². The molecule has 0 saturated heterocycles. The van der Waals surface area contributed by atoms with Gasteiger partial charge in [0.25, 0.3) is 0 Å². The first kappa shape index (κ1) is 15.3. The quantitative estimate of drug-likeness (QED) is 0.854. The number of nitrogen functional groups attached to an aromatic ring is 1. The molecule has 0 fully saturated rings. The molecule has 2 N–H and O–H groups in total. The van der Waals surface area contributed by atoms with Crippen LogP contribution < -0.4 is 10.5 Å². The van der Waals surface area contributed by atoms with E-state index < -0.39 is 0 Å². The van der Waals surface area contributed by atoms with Gasteiger partial charge in [-0.3, -0.25) is 4.90 Å². The maximum Gasteiger partial charge on any atom is 0.169 e. The molecule has 0 aliphatic rings. The zero-order chi connectivity index (χ0) is 15.4. The molecule has 1 unspecified atom stereocenters. The zero-order valence-electron chi connectivity index (χ0n) is 12.6. The second-order valence-corrected chi connectivity index (χ2v) is 5.19. The van der Waals surface area contributed by atoms with E-state index in [9.17, 15) is 4.39 Å². The summed E-state index contributed by atoms with van der Waals surface area (Å²) >= 11 is 0. The summed E-state index contributed by atoms with van der Waals surface area (Å²) in [6.45, 7) is 2.58. The lowest BCUT2D eigenvalue weighted by atomic mass is 10.1. The summed E-state index contributed by atoms with van der Waals surface area (Å²) in [6, 6.07) is 13.1. The molecule has 21 heavy (non-hydrogen) atoms. The molecular weight excluding hydrogens is 267 g/mol. The van der Waals surface area contributed by atoms with Crippen LogP contribution in [-0.4, -0.2) is 19.1 Å². The van der Waals surface area contributed by atoms with Gasteiger partial charge in [0.1, 0.15) is 0 Å². The van der Waals surface area contributed by atoms with Gasteiger partial charge < -0.3 is 10.5 Å². The predicted octanol–water partition coefficient (Wildman–Crippen LogP) is 3.61. The van der Waals surface area contributed by atoms with Crippen LogP contribution in [0.3, 0.4) is 0 Å². The maximum absolute atomic E-state index is 14.2. The number of nitrogens with two attached hydrogens (primary N) is 1. The molecule has 0 radical (unpaired) electrons. The first-order valence-corrected chi connectivity index (χ1v) is 6.90. The van der Waals surface area contributed by atoms with Crippen molar-refractivity contribution in [2.24, 2.45) is 0 Å². The fourth-order valence-electron chi connectivity index (χ4n) is 2.31. The summed E-state index contributed by atoms with van der Waals surface area (Å²) < 4.78 is 19.2. The number of nitrogens with zero attached hydrogens (tertiary/aromatic N) is 1. The molecule has 3 nitrogen and oxygen atoms in total. The van der Waals surface area contributed by atoms with Gasteiger partial charge in [0.15, 0.2) is 11.6 Å². The molecule has 2 aromatic rings. The molecule has 0 spiro atoms. The molecule has 0 aliphatic heterocycles. The lowest BCUT2D eigenvalue weighted by molar-refractivity contribution is 0.248. The summed E-state index contributed by atoms with van der Waals surface area (Å²) in [7, 11) is 3.44. The molecule has 4 heteroatoms. The number of hydrogen-bond acceptors (Lipinski definition) is 3. The molecule has 2 aromatic carbocycles. The Morgan fingerprint density at radius 1 is 1.24 bits per heavy atom. The Morgan fingerprint density at radius 3 is 2.62 bits per heavy atom. The Labute approximate surface area is 125 Å². The second kappa shape index (κ2) is 6.59. The SMILES string of the molecule is COc1cccc(CN(C)C(C)c2cccc(N)c2)c1F. The van der Waals surface area contributed by atoms with E-state index >= 15 is 0 Å². The smallest absolute Gasteiger partial charge is 0.169 e. The number of methoxy groups -OCH3 is 1. The standard InChI is InChI=1S/C17H21FN2O/c1-12(13-6-4-8-15(19)10-13)20(2)11-14-7-5-9-16(21-3)17(14)18/h4-10,12H,11,19H2,1-3H3. The number of halogens is 1. The summed E-state index contributed by atoms with van der Waals surface area (Å²) in [5, 5.41) is 0. The minimum absolute atomic E-state index is 0.138. The van der Waals surface area contributed by atoms with E-state index in [2.05, 4.69) is 11.8 Å². The highest BCUT2D eigenvalue weighted by atomic mass is 19.1. The normalized spacial score (nSPS) is 12.4. The molecule has 0 heterocycles. The monoisotopic (exact) mass is 288 g/mol. The van der Waals surface area contributed by atoms with Crippen LogP contribution in [0.25, 0.3) is 0 Å². The zero-order valence-corrected chi connectivity index (χ0v) is 12.6. The number of benzene rings is 2. The van der Waals surface area contributed by atoms with Crippen molar-refractivity contribution in [2.45, 2.75) is 19.5 Å². The Bertz CT molecular complexity index is 615. The van der Waals surface area contributed by atoms with Gasteiger partial charge in [-0.25, -0.2) is 4.39 Å². The average Bonchev–Trinajstić information content (AvgIpc) is 2.48. The van der Waals surface area contributed by atoms with Crippen molar-refractivity contribution in [3.05, 3.63) is 59.4 Å². The Balaban J connectivity index is 2.16. The van der Waals surface area contributed by atoms with Crippen LogP contribution in [0.4, 0.5) is 10.1 Å². The lowest BCUT2D eigenvalue weighted by Gasteiger charge is -2.25. The molecule has 1 atom stereocenters. The molecular formula is C17H21FN2O. The van der Waals surface area contributed by atoms with Crippen molar-refractivity contribution in [2.75, 3.05) is 19.9 Å². The largest absolute Gasteiger partial charge is 0.494 e. The number of rotatable bonds is 5. The molecule has 0 aromatic heterocycles. The fourth-order valence-corrected chi connectivity index (χ4v) is 2.31. The minimum Gasteiger partial charge on any atom is -0.494 e. The summed E-state index contributed by atoms with van der Waals surface area (Å²) in [5.74, 6) is -0.0239. The van der Waals surface area contributed by atoms with Gasteiger partial charge in [-0.05, 0) is 37.7 Å². The van der Waals surface area contributed by atoms with Crippen molar-refractivity contribution >= 4 is 5.69 Å². The van der Waals surface area contributed by atoms with Crippen LogP contribution in [0.2, 0.25) is 0 Å². The van der Waals surface area contributed by atoms with E-state index in [1.54, 1.807) is 18.2 Å². The van der Waals surface area contributed by atoms with Crippen molar-refractivity contribution in [1.29, 1.82) is 0 Å². The third-order valence-corrected chi connectivity index (χ3v) is 3.74. The van der Waals surface area contributed by atoms with Crippen LogP contribution in [0.15, 0.2) is 42.5 Å². The van der Waals surface area contributed by atoms with Gasteiger partial charge in [-0.2, -0.15) is 0 Å². The average molecular weight is 288 g/mol. The molecule has 2 rings (SSSR count). The van der Waals surface area contributed by atoms with Gasteiger partial charge in [-0.15, -0.1) is 0 Å². The van der Waals surface area contributed by atoms with Crippen LogP contribution >= 0.6 is 0 Å². The second-order valence-electron chi connectivity index (χ2n) is 5.19. The Hall–Kier alpha value is -2.07. The Morgan fingerprint density at radius 2 is 1.95 bits per heavy atom. The van der Waals surface area contributed by atoms with Crippen LogP contribution in [0.1, 0.15) is 24.1 Å². The highest BCUT2D eigenvalue weighted by Gasteiger charge is 2.15. The highest BCUT2D eigenvalue weighted by Crippen LogP contribution is 2.25. The number of ether oxygens (including phenoxy) is 1. The van der Waals surface area contributed by atoms with Gasteiger partial charge in [0.2, 0.25) is 0 Å². The summed E-state index contributed by atoms with van der Waals surface area (Å²) in [6.07, 6.45) is 0. The summed E-state index contributed by atoms with van der Waals surface area (Å²) in [4.78, 5) is 2.08. The van der Waals surface area contributed by atoms with E-state index in [4.69, 9.17) is 10.5 Å². The fraction of sp³-hybridized carbons (Fsp3) is 0.294. The van der Waals surface area contributed by atoms with Crippen LogP contribution in [0, 0.1) is 5.82 Å². The van der Waals surface area contributed by atoms with E-state index in [0.717, 1.165) is 11.3 Å². The maximum atomic E-state index is 14.2. The van der Waals surface area contributed by atoms with Gasteiger partial charge in [-0.1, -0.05) is 24.3 Å². The highest BCUT2D eigenvalue weighted by molar-refractivity contribution is 5.41. The number of hydrogen-bond donors (Lipinski definition) is 1. The number of anilines is 1. The molecule has 112 valence electrons.